The first-order valence-electron chi connectivity index (χ1n) is 4.92. The van der Waals surface area contributed by atoms with Crippen molar-refractivity contribution in [3.05, 3.63) is 45.1 Å². The third kappa shape index (κ3) is 2.92. The number of carbonyl (C=O) groups excluding carboxylic acids is 2. The van der Waals surface area contributed by atoms with Crippen LogP contribution < -0.4 is 4.74 Å². The van der Waals surface area contributed by atoms with E-state index in [-0.39, 0.29) is 32.3 Å². The lowest BCUT2D eigenvalue weighted by atomic mass is 10.1. The van der Waals surface area contributed by atoms with Gasteiger partial charge in [0.25, 0.3) is 0 Å². The molecule has 1 N–H and O–H groups in total. The lowest BCUT2D eigenvalue weighted by Crippen LogP contribution is -2.15. The molecule has 0 bridgehead atoms. The van der Waals surface area contributed by atoms with Gasteiger partial charge in [0.05, 0.1) is 15.1 Å². The van der Waals surface area contributed by atoms with Crippen LogP contribution in [-0.4, -0.2) is 16.7 Å². The summed E-state index contributed by atoms with van der Waals surface area (Å²) in [6, 6.07) is 2.40. The molecule has 0 aliphatic heterocycles. The Morgan fingerprint density at radius 3 is 2.32 bits per heavy atom. The van der Waals surface area contributed by atoms with E-state index in [4.69, 9.17) is 39.5 Å². The van der Waals surface area contributed by atoms with Crippen molar-refractivity contribution in [1.29, 1.82) is 0 Å². The summed E-state index contributed by atoms with van der Waals surface area (Å²) >= 11 is 17.0. The maximum absolute atomic E-state index is 11.6. The van der Waals surface area contributed by atoms with Gasteiger partial charge in [-0.15, -0.1) is 0 Å². The Kier molecular flexibility index (Phi) is 3.85. The molecule has 0 heterocycles. The van der Waals surface area contributed by atoms with Gasteiger partial charge < -0.3 is 9.84 Å². The van der Waals surface area contributed by atoms with Gasteiger partial charge in [0.2, 0.25) is 11.6 Å². The predicted molar refractivity (Wildman–Crippen MR) is 70.8 cm³/mol. The van der Waals surface area contributed by atoms with Crippen LogP contribution >= 0.6 is 34.8 Å². The second-order valence-electron chi connectivity index (χ2n) is 3.57. The number of carbonyl (C=O) groups is 2. The number of rotatable bonds is 2. The van der Waals surface area contributed by atoms with Crippen molar-refractivity contribution in [3.8, 4) is 11.5 Å². The molecule has 0 aromatic heterocycles. The lowest BCUT2D eigenvalue weighted by Gasteiger charge is -2.12. The molecule has 0 spiro atoms. The van der Waals surface area contributed by atoms with Crippen LogP contribution in [0.5, 0.6) is 11.5 Å². The predicted octanol–water partition coefficient (Wildman–Crippen LogP) is 3.24. The van der Waals surface area contributed by atoms with E-state index in [0.717, 1.165) is 18.2 Å². The molecule has 0 radical (unpaired) electrons. The number of halogens is 3. The van der Waals surface area contributed by atoms with Crippen LogP contribution in [0.1, 0.15) is 0 Å². The molecule has 2 rings (SSSR count). The molecule has 0 saturated carbocycles. The van der Waals surface area contributed by atoms with Crippen molar-refractivity contribution in [2.45, 2.75) is 0 Å². The van der Waals surface area contributed by atoms with E-state index in [1.54, 1.807) is 0 Å². The zero-order valence-electron chi connectivity index (χ0n) is 9.12. The number of ether oxygens (including phenoxy) is 1. The van der Waals surface area contributed by atoms with Gasteiger partial charge in [-0.2, -0.15) is 0 Å². The van der Waals surface area contributed by atoms with Gasteiger partial charge in [0.15, 0.2) is 5.76 Å². The van der Waals surface area contributed by atoms with Crippen LogP contribution in [0, 0.1) is 0 Å². The molecule has 0 atom stereocenters. The number of phenols is 1. The molecule has 1 aliphatic rings. The normalized spacial score (nSPS) is 15.1. The fourth-order valence-electron chi connectivity index (χ4n) is 1.31. The van der Waals surface area contributed by atoms with Crippen LogP contribution in [0.4, 0.5) is 0 Å². The maximum Gasteiger partial charge on any atom is 0.222 e. The minimum atomic E-state index is -0.565. The average Bonchev–Trinajstić information content (AvgIpc) is 2.32. The minimum absolute atomic E-state index is 0.00293. The molecule has 0 saturated heterocycles. The molecule has 4 nitrogen and oxygen atoms in total. The van der Waals surface area contributed by atoms with Gasteiger partial charge >= 0.3 is 0 Å². The van der Waals surface area contributed by atoms with E-state index >= 15 is 0 Å². The summed E-state index contributed by atoms with van der Waals surface area (Å²) in [5, 5.41) is 9.18. The summed E-state index contributed by atoms with van der Waals surface area (Å²) in [5.41, 5.74) is 0. The highest BCUT2D eigenvalue weighted by molar-refractivity contribution is 6.47. The Balaban J connectivity index is 2.33. The first kappa shape index (κ1) is 13.9. The number of allylic oxidation sites excluding steroid dienone is 3. The van der Waals surface area contributed by atoms with Crippen molar-refractivity contribution in [2.75, 3.05) is 0 Å². The standard InChI is InChI=1S/C12H5Cl3O4/c13-5-1-10(18)12(4-9(5)17)19-11-3-6(14)8(16)2-7(11)15/h1-4,16H. The second-order valence-corrected chi connectivity index (χ2v) is 4.79. The quantitative estimate of drug-likeness (QED) is 0.850. The van der Waals surface area contributed by atoms with Crippen LogP contribution in [0.15, 0.2) is 35.1 Å². The maximum atomic E-state index is 11.6. The van der Waals surface area contributed by atoms with Crippen LogP contribution in [0.25, 0.3) is 0 Å². The van der Waals surface area contributed by atoms with Gasteiger partial charge in [0, 0.05) is 24.3 Å². The largest absolute Gasteiger partial charge is 0.506 e. The van der Waals surface area contributed by atoms with Crippen molar-refractivity contribution < 1.29 is 19.4 Å². The van der Waals surface area contributed by atoms with Gasteiger partial charge in [0.1, 0.15) is 11.5 Å². The Labute approximate surface area is 122 Å². The smallest absolute Gasteiger partial charge is 0.222 e. The Morgan fingerprint density at radius 2 is 1.63 bits per heavy atom. The summed E-state index contributed by atoms with van der Waals surface area (Å²) < 4.78 is 5.21. The zero-order chi connectivity index (χ0) is 14.2. The van der Waals surface area contributed by atoms with Crippen molar-refractivity contribution in [1.82, 2.24) is 0 Å². The molecular weight excluding hydrogens is 314 g/mol. The molecular formula is C12H5Cl3O4. The summed E-state index contributed by atoms with van der Waals surface area (Å²) in [4.78, 5) is 22.9. The Bertz CT molecular complexity index is 647. The summed E-state index contributed by atoms with van der Waals surface area (Å²) in [6.45, 7) is 0. The molecule has 1 aliphatic carbocycles. The Morgan fingerprint density at radius 1 is 0.947 bits per heavy atom. The third-order valence-electron chi connectivity index (χ3n) is 2.22. The highest BCUT2D eigenvalue weighted by Crippen LogP contribution is 2.36. The number of aromatic hydroxyl groups is 1. The first-order valence-corrected chi connectivity index (χ1v) is 6.05. The number of phenolic OH excluding ortho intramolecular Hbond substituents is 1. The second kappa shape index (κ2) is 5.25. The van der Waals surface area contributed by atoms with E-state index < -0.39 is 11.6 Å². The van der Waals surface area contributed by atoms with E-state index in [1.807, 2.05) is 0 Å². The molecule has 19 heavy (non-hydrogen) atoms. The van der Waals surface area contributed by atoms with Gasteiger partial charge in [-0.25, -0.2) is 0 Å². The van der Waals surface area contributed by atoms with E-state index in [9.17, 15) is 14.7 Å². The van der Waals surface area contributed by atoms with E-state index in [1.165, 1.54) is 6.07 Å². The third-order valence-corrected chi connectivity index (χ3v) is 3.11. The summed E-state index contributed by atoms with van der Waals surface area (Å²) in [6.07, 6.45) is 1.91. The highest BCUT2D eigenvalue weighted by Gasteiger charge is 2.22. The lowest BCUT2D eigenvalue weighted by molar-refractivity contribution is -0.116. The molecule has 98 valence electrons. The Hall–Kier alpha value is -1.49. The van der Waals surface area contributed by atoms with Gasteiger partial charge in [-0.1, -0.05) is 34.8 Å². The van der Waals surface area contributed by atoms with Crippen molar-refractivity contribution >= 4 is 46.4 Å². The number of ketones is 2. The topological polar surface area (TPSA) is 63.6 Å². The fourth-order valence-corrected chi connectivity index (χ4v) is 1.81. The molecule has 1 aromatic rings. The van der Waals surface area contributed by atoms with Crippen molar-refractivity contribution in [3.63, 3.8) is 0 Å². The van der Waals surface area contributed by atoms with Crippen LogP contribution in [0.2, 0.25) is 10.0 Å². The number of benzene rings is 1. The molecule has 0 fully saturated rings. The molecule has 7 heteroatoms. The highest BCUT2D eigenvalue weighted by atomic mass is 35.5. The SMILES string of the molecule is O=C1C=C(Oc2cc(Cl)c(O)cc2Cl)C(=O)C=C1Cl. The first-order chi connectivity index (χ1) is 8.88. The monoisotopic (exact) mass is 318 g/mol. The minimum Gasteiger partial charge on any atom is -0.506 e. The summed E-state index contributed by atoms with van der Waals surface area (Å²) in [7, 11) is 0. The van der Waals surface area contributed by atoms with E-state index in [0.29, 0.717) is 0 Å². The number of hydrogen-bond donors (Lipinski definition) is 1. The molecule has 0 amide bonds. The van der Waals surface area contributed by atoms with Gasteiger partial charge in [-0.05, 0) is 0 Å². The summed E-state index contributed by atoms with van der Waals surface area (Å²) in [5.74, 6) is -1.51. The zero-order valence-corrected chi connectivity index (χ0v) is 11.4. The molecule has 0 unspecified atom stereocenters. The average molecular weight is 320 g/mol. The van der Waals surface area contributed by atoms with Gasteiger partial charge in [-0.3, -0.25) is 9.59 Å². The van der Waals surface area contributed by atoms with Crippen LogP contribution in [-0.2, 0) is 9.59 Å². The van der Waals surface area contributed by atoms with Crippen molar-refractivity contribution in [2.24, 2.45) is 0 Å². The van der Waals surface area contributed by atoms with E-state index in [2.05, 4.69) is 0 Å². The fraction of sp³-hybridized carbons (Fsp3) is 0. The number of hydrogen-bond acceptors (Lipinski definition) is 4. The van der Waals surface area contributed by atoms with Crippen LogP contribution in [0.3, 0.4) is 0 Å². The molecule has 1 aromatic carbocycles.